The normalized spacial score (nSPS) is 20.1. The molecule has 1 aromatic rings. The molecule has 5 nitrogen and oxygen atoms in total. The molecule has 1 aromatic heterocycles. The van der Waals surface area contributed by atoms with Gasteiger partial charge in [0.15, 0.2) is 0 Å². The molecule has 3 N–H and O–H groups in total. The van der Waals surface area contributed by atoms with Gasteiger partial charge in [-0.05, 0) is 25.0 Å². The third kappa shape index (κ3) is 2.67. The number of pyridine rings is 1. The van der Waals surface area contributed by atoms with E-state index in [9.17, 15) is 0 Å². The van der Waals surface area contributed by atoms with Crippen LogP contribution in [-0.4, -0.2) is 31.0 Å². The Bertz CT molecular complexity index is 390. The van der Waals surface area contributed by atoms with Gasteiger partial charge in [-0.3, -0.25) is 5.41 Å². The van der Waals surface area contributed by atoms with Crippen molar-refractivity contribution in [3.8, 4) is 5.75 Å². The van der Waals surface area contributed by atoms with Gasteiger partial charge in [0, 0.05) is 19.0 Å². The number of ether oxygens (including phenoxy) is 1. The molecule has 2 heterocycles. The van der Waals surface area contributed by atoms with Gasteiger partial charge in [0.1, 0.15) is 11.6 Å². The van der Waals surface area contributed by atoms with Crippen LogP contribution >= 0.6 is 0 Å². The Kier molecular flexibility index (Phi) is 3.46. The predicted octanol–water partition coefficient (Wildman–Crippen LogP) is 1.24. The van der Waals surface area contributed by atoms with Gasteiger partial charge in [0.2, 0.25) is 0 Å². The van der Waals surface area contributed by atoms with Crippen molar-refractivity contribution in [1.82, 2.24) is 4.98 Å². The van der Waals surface area contributed by atoms with Crippen molar-refractivity contribution in [2.75, 3.05) is 25.1 Å². The lowest BCUT2D eigenvalue weighted by molar-refractivity contribution is 0.412. The minimum absolute atomic E-state index is 0.160. The average molecular weight is 234 g/mol. The predicted molar refractivity (Wildman–Crippen MR) is 67.6 cm³/mol. The molecule has 1 aliphatic heterocycles. The second-order valence-electron chi connectivity index (χ2n) is 4.30. The summed E-state index contributed by atoms with van der Waals surface area (Å²) in [5, 5.41) is 7.52. The molecule has 0 spiro atoms. The molecular weight excluding hydrogens is 216 g/mol. The summed E-state index contributed by atoms with van der Waals surface area (Å²) in [5.74, 6) is 2.13. The molecule has 1 aliphatic rings. The number of nitrogens with two attached hydrogens (primary N) is 1. The van der Waals surface area contributed by atoms with E-state index in [0.29, 0.717) is 0 Å². The maximum Gasteiger partial charge on any atom is 0.137 e. The van der Waals surface area contributed by atoms with Crippen molar-refractivity contribution in [3.05, 3.63) is 18.3 Å². The Labute approximate surface area is 101 Å². The van der Waals surface area contributed by atoms with Crippen LogP contribution in [0.4, 0.5) is 5.82 Å². The first-order valence-electron chi connectivity index (χ1n) is 5.79. The topological polar surface area (TPSA) is 75.2 Å². The summed E-state index contributed by atoms with van der Waals surface area (Å²) >= 11 is 0. The molecule has 1 fully saturated rings. The van der Waals surface area contributed by atoms with E-state index >= 15 is 0 Å². The number of amidine groups is 1. The quantitative estimate of drug-likeness (QED) is 0.609. The third-order valence-electron chi connectivity index (χ3n) is 3.14. The average Bonchev–Trinajstić information content (AvgIpc) is 2.39. The van der Waals surface area contributed by atoms with Crippen LogP contribution in [0.25, 0.3) is 0 Å². The van der Waals surface area contributed by atoms with Gasteiger partial charge >= 0.3 is 0 Å². The van der Waals surface area contributed by atoms with Crippen molar-refractivity contribution >= 4 is 11.7 Å². The van der Waals surface area contributed by atoms with Crippen LogP contribution in [0.1, 0.15) is 12.8 Å². The van der Waals surface area contributed by atoms with Gasteiger partial charge in [-0.2, -0.15) is 0 Å². The van der Waals surface area contributed by atoms with E-state index in [1.165, 1.54) is 0 Å². The highest BCUT2D eigenvalue weighted by molar-refractivity contribution is 5.80. The third-order valence-corrected chi connectivity index (χ3v) is 3.14. The molecule has 0 saturated carbocycles. The zero-order valence-corrected chi connectivity index (χ0v) is 10.0. The number of hydrogen-bond donors (Lipinski definition) is 2. The van der Waals surface area contributed by atoms with Crippen molar-refractivity contribution in [1.29, 1.82) is 5.41 Å². The van der Waals surface area contributed by atoms with E-state index in [0.717, 1.165) is 37.5 Å². The zero-order valence-electron chi connectivity index (χ0n) is 10.0. The molecule has 92 valence electrons. The molecule has 0 amide bonds. The van der Waals surface area contributed by atoms with Crippen molar-refractivity contribution in [3.63, 3.8) is 0 Å². The van der Waals surface area contributed by atoms with Gasteiger partial charge in [0.25, 0.3) is 0 Å². The van der Waals surface area contributed by atoms with Crippen LogP contribution in [0.5, 0.6) is 5.75 Å². The van der Waals surface area contributed by atoms with Crippen LogP contribution in [0, 0.1) is 11.3 Å². The maximum atomic E-state index is 7.52. The van der Waals surface area contributed by atoms with Gasteiger partial charge in [-0.1, -0.05) is 0 Å². The Morgan fingerprint density at radius 1 is 1.59 bits per heavy atom. The Morgan fingerprint density at radius 3 is 3.00 bits per heavy atom. The monoisotopic (exact) mass is 234 g/mol. The van der Waals surface area contributed by atoms with Gasteiger partial charge in [-0.15, -0.1) is 0 Å². The largest absolute Gasteiger partial charge is 0.495 e. The summed E-state index contributed by atoms with van der Waals surface area (Å²) in [5.41, 5.74) is 5.57. The minimum atomic E-state index is 0.160. The fourth-order valence-electron chi connectivity index (χ4n) is 2.12. The molecule has 1 atom stereocenters. The highest BCUT2D eigenvalue weighted by Gasteiger charge is 2.22. The smallest absolute Gasteiger partial charge is 0.137 e. The molecule has 5 heteroatoms. The SMILES string of the molecule is COc1ccc(N2CCCC(C(=N)N)C2)nc1. The standard InChI is InChI=1S/C12H18N4O/c1-17-10-4-5-11(15-7-10)16-6-2-3-9(8-16)12(13)14/h4-5,7,9H,2-3,6,8H2,1H3,(H3,13,14). The molecule has 0 bridgehead atoms. The van der Waals surface area contributed by atoms with Crippen molar-refractivity contribution < 1.29 is 4.74 Å². The molecule has 0 radical (unpaired) electrons. The van der Waals surface area contributed by atoms with E-state index in [1.54, 1.807) is 13.3 Å². The summed E-state index contributed by atoms with van der Waals surface area (Å²) < 4.78 is 5.08. The molecule has 1 saturated heterocycles. The number of nitrogens with one attached hydrogen (secondary N) is 1. The second-order valence-corrected chi connectivity index (χ2v) is 4.30. The van der Waals surface area contributed by atoms with Crippen LogP contribution in [0.3, 0.4) is 0 Å². The highest BCUT2D eigenvalue weighted by Crippen LogP contribution is 2.22. The summed E-state index contributed by atoms with van der Waals surface area (Å²) in [6.07, 6.45) is 3.77. The fraction of sp³-hybridized carbons (Fsp3) is 0.500. The number of anilines is 1. The molecule has 17 heavy (non-hydrogen) atoms. The molecule has 0 aliphatic carbocycles. The number of piperidine rings is 1. The van der Waals surface area contributed by atoms with E-state index in [-0.39, 0.29) is 11.8 Å². The number of aromatic nitrogens is 1. The first kappa shape index (κ1) is 11.7. The minimum Gasteiger partial charge on any atom is -0.495 e. The Morgan fingerprint density at radius 2 is 2.41 bits per heavy atom. The first-order chi connectivity index (χ1) is 8.20. The summed E-state index contributed by atoms with van der Waals surface area (Å²) in [6.45, 7) is 1.76. The zero-order chi connectivity index (χ0) is 12.3. The van der Waals surface area contributed by atoms with Gasteiger partial charge in [-0.25, -0.2) is 4.98 Å². The highest BCUT2D eigenvalue weighted by atomic mass is 16.5. The van der Waals surface area contributed by atoms with E-state index < -0.39 is 0 Å². The number of nitrogens with zero attached hydrogens (tertiary/aromatic N) is 2. The lowest BCUT2D eigenvalue weighted by Gasteiger charge is -2.32. The fourth-order valence-corrected chi connectivity index (χ4v) is 2.12. The number of rotatable bonds is 3. The van der Waals surface area contributed by atoms with Gasteiger partial charge in [0.05, 0.1) is 19.1 Å². The van der Waals surface area contributed by atoms with E-state index in [2.05, 4.69) is 9.88 Å². The second kappa shape index (κ2) is 5.03. The number of methoxy groups -OCH3 is 1. The van der Waals surface area contributed by atoms with Gasteiger partial charge < -0.3 is 15.4 Å². The van der Waals surface area contributed by atoms with Crippen LogP contribution < -0.4 is 15.4 Å². The number of hydrogen-bond acceptors (Lipinski definition) is 4. The van der Waals surface area contributed by atoms with Crippen LogP contribution in [0.2, 0.25) is 0 Å². The van der Waals surface area contributed by atoms with Crippen molar-refractivity contribution in [2.45, 2.75) is 12.8 Å². The molecule has 2 rings (SSSR count). The molecule has 0 aromatic carbocycles. The van der Waals surface area contributed by atoms with Crippen LogP contribution in [0.15, 0.2) is 18.3 Å². The maximum absolute atomic E-state index is 7.52. The Hall–Kier alpha value is -1.78. The summed E-state index contributed by atoms with van der Waals surface area (Å²) in [7, 11) is 1.63. The molecule has 1 unspecified atom stereocenters. The summed E-state index contributed by atoms with van der Waals surface area (Å²) in [4.78, 5) is 6.53. The molecular formula is C12H18N4O. The lowest BCUT2D eigenvalue weighted by Crippen LogP contribution is -2.41. The van der Waals surface area contributed by atoms with E-state index in [1.807, 2.05) is 12.1 Å². The Balaban J connectivity index is 2.08. The van der Waals surface area contributed by atoms with E-state index in [4.69, 9.17) is 15.9 Å². The van der Waals surface area contributed by atoms with Crippen LogP contribution in [-0.2, 0) is 0 Å². The lowest BCUT2D eigenvalue weighted by atomic mass is 9.97. The first-order valence-corrected chi connectivity index (χ1v) is 5.79. The van der Waals surface area contributed by atoms with Crippen molar-refractivity contribution in [2.24, 2.45) is 11.7 Å². The summed E-state index contributed by atoms with van der Waals surface area (Å²) in [6, 6.07) is 3.85.